The van der Waals surface area contributed by atoms with Crippen LogP contribution in [0, 0.1) is 11.8 Å². The predicted molar refractivity (Wildman–Crippen MR) is 161 cm³/mol. The number of carboxylic acids is 1. The monoisotopic (exact) mass is 572 g/mol. The van der Waals surface area contributed by atoms with Gasteiger partial charge >= 0.3 is 12.1 Å². The molecule has 3 aromatic rings. The smallest absolute Gasteiger partial charge is 0.407 e. The van der Waals surface area contributed by atoms with Crippen molar-refractivity contribution >= 4 is 18.0 Å². The first kappa shape index (κ1) is 30.8. The van der Waals surface area contributed by atoms with Crippen LogP contribution in [0.4, 0.5) is 4.79 Å². The maximum Gasteiger partial charge on any atom is 0.407 e. The highest BCUT2D eigenvalue weighted by atomic mass is 16.5. The van der Waals surface area contributed by atoms with Crippen LogP contribution in [-0.4, -0.2) is 48.4 Å². The van der Waals surface area contributed by atoms with E-state index in [1.807, 2.05) is 68.4 Å². The van der Waals surface area contributed by atoms with Crippen LogP contribution in [0.15, 0.2) is 78.9 Å². The van der Waals surface area contributed by atoms with Crippen LogP contribution >= 0.6 is 0 Å². The van der Waals surface area contributed by atoms with Crippen molar-refractivity contribution in [1.29, 1.82) is 0 Å². The van der Waals surface area contributed by atoms with Gasteiger partial charge in [-0.05, 0) is 53.0 Å². The van der Waals surface area contributed by atoms with E-state index in [1.165, 1.54) is 0 Å². The van der Waals surface area contributed by atoms with E-state index in [1.54, 1.807) is 6.92 Å². The molecule has 1 aliphatic carbocycles. The second-order valence-corrected chi connectivity index (χ2v) is 11.3. The van der Waals surface area contributed by atoms with E-state index < -0.39 is 30.1 Å². The number of benzene rings is 3. The quantitative estimate of drug-likeness (QED) is 0.227. The first-order chi connectivity index (χ1) is 20.2. The average Bonchev–Trinajstić information content (AvgIpc) is 3.30. The molecular weight excluding hydrogens is 532 g/mol. The maximum atomic E-state index is 12.9. The van der Waals surface area contributed by atoms with E-state index in [9.17, 15) is 19.5 Å². The Bertz CT molecular complexity index is 1310. The molecule has 0 fully saturated rings. The number of hydrogen-bond donors (Lipinski definition) is 3. The highest BCUT2D eigenvalue weighted by Crippen LogP contribution is 2.44. The summed E-state index contributed by atoms with van der Waals surface area (Å²) in [6, 6.07) is 24.5. The van der Waals surface area contributed by atoms with Crippen molar-refractivity contribution in [2.75, 3.05) is 13.2 Å². The molecule has 3 N–H and O–H groups in total. The second kappa shape index (κ2) is 14.6. The summed E-state index contributed by atoms with van der Waals surface area (Å²) >= 11 is 0. The molecule has 8 heteroatoms. The Balaban J connectivity index is 1.29. The number of hydrogen-bond acceptors (Lipinski definition) is 5. The fourth-order valence-corrected chi connectivity index (χ4v) is 5.56. The zero-order valence-corrected chi connectivity index (χ0v) is 24.4. The lowest BCUT2D eigenvalue weighted by Crippen LogP contribution is -2.49. The molecule has 0 radical (unpaired) electrons. The first-order valence-corrected chi connectivity index (χ1v) is 14.5. The minimum absolute atomic E-state index is 0.0422. The van der Waals surface area contributed by atoms with Gasteiger partial charge in [-0.3, -0.25) is 4.79 Å². The van der Waals surface area contributed by atoms with Gasteiger partial charge in [-0.1, -0.05) is 92.7 Å². The summed E-state index contributed by atoms with van der Waals surface area (Å²) < 4.78 is 11.4. The van der Waals surface area contributed by atoms with E-state index in [0.29, 0.717) is 6.42 Å². The number of aliphatic carboxylic acids is 1. The highest BCUT2D eigenvalue weighted by Gasteiger charge is 2.30. The van der Waals surface area contributed by atoms with Crippen molar-refractivity contribution in [3.8, 4) is 11.1 Å². The Morgan fingerprint density at radius 1 is 0.857 bits per heavy atom. The Hall–Kier alpha value is -4.17. The predicted octanol–water partition coefficient (Wildman–Crippen LogP) is 5.75. The third-order valence-electron chi connectivity index (χ3n) is 7.57. The van der Waals surface area contributed by atoms with Gasteiger partial charge in [0.05, 0.1) is 12.7 Å². The molecule has 3 atom stereocenters. The van der Waals surface area contributed by atoms with Gasteiger partial charge in [0, 0.05) is 18.9 Å². The number of fused-ring (bicyclic) bond motifs is 3. The van der Waals surface area contributed by atoms with Gasteiger partial charge in [0.25, 0.3) is 0 Å². The van der Waals surface area contributed by atoms with E-state index in [0.717, 1.165) is 27.8 Å². The first-order valence-electron chi connectivity index (χ1n) is 14.5. The Morgan fingerprint density at radius 2 is 1.45 bits per heavy atom. The number of ether oxygens (including phenoxy) is 2. The van der Waals surface area contributed by atoms with Crippen molar-refractivity contribution in [1.82, 2.24) is 10.6 Å². The Morgan fingerprint density at radius 3 is 2.05 bits per heavy atom. The van der Waals surface area contributed by atoms with Crippen molar-refractivity contribution in [3.63, 3.8) is 0 Å². The third kappa shape index (κ3) is 8.19. The van der Waals surface area contributed by atoms with Crippen LogP contribution in [0.2, 0.25) is 0 Å². The van der Waals surface area contributed by atoms with Crippen molar-refractivity contribution < 1.29 is 29.0 Å². The molecule has 1 unspecified atom stereocenters. The molecule has 0 spiro atoms. The third-order valence-corrected chi connectivity index (χ3v) is 7.57. The maximum absolute atomic E-state index is 12.9. The average molecular weight is 573 g/mol. The minimum atomic E-state index is -1.20. The van der Waals surface area contributed by atoms with Gasteiger partial charge in [0.1, 0.15) is 6.61 Å². The molecule has 42 heavy (non-hydrogen) atoms. The fourth-order valence-electron chi connectivity index (χ4n) is 5.56. The van der Waals surface area contributed by atoms with Gasteiger partial charge in [-0.25, -0.2) is 9.59 Å². The van der Waals surface area contributed by atoms with Gasteiger partial charge in [0.15, 0.2) is 6.04 Å². The lowest BCUT2D eigenvalue weighted by molar-refractivity contribution is -0.146. The van der Waals surface area contributed by atoms with Crippen LogP contribution in [0.3, 0.4) is 0 Å². The second-order valence-electron chi connectivity index (χ2n) is 11.3. The summed E-state index contributed by atoms with van der Waals surface area (Å²) in [5.41, 5.74) is 5.50. The molecule has 0 saturated carbocycles. The molecule has 0 aromatic heterocycles. The number of alkyl carbamates (subject to hydrolysis) is 1. The molecule has 0 heterocycles. The SMILES string of the molecule is CC(C)CC(CNC(=O)OCC1c2ccccc2-c2ccccc21)CC(=O)N[C@@H](C(=O)O)[C@H](C)OCc1ccccc1. The number of nitrogens with one attached hydrogen (secondary N) is 2. The molecule has 0 aliphatic heterocycles. The molecule has 222 valence electrons. The molecule has 8 nitrogen and oxygen atoms in total. The summed E-state index contributed by atoms with van der Waals surface area (Å²) in [7, 11) is 0. The fraction of sp³-hybridized carbons (Fsp3) is 0.382. The largest absolute Gasteiger partial charge is 0.480 e. The van der Waals surface area contributed by atoms with Crippen LogP contribution in [0.25, 0.3) is 11.1 Å². The number of carbonyl (C=O) groups is 3. The lowest BCUT2D eigenvalue weighted by atomic mass is 9.93. The highest BCUT2D eigenvalue weighted by molar-refractivity contribution is 5.84. The van der Waals surface area contributed by atoms with Gasteiger partial charge < -0.3 is 25.2 Å². The standard InChI is InChI=1S/C34H40N2O6/c1-22(2)17-25(18-31(37)36-32(33(38)39)23(3)41-20-24-11-5-4-6-12-24)19-35-34(40)42-21-30-28-15-9-7-13-26(28)27-14-8-10-16-29(27)30/h4-16,22-23,25,30,32H,17-21H2,1-3H3,(H,35,40)(H,36,37)(H,38,39)/t23-,25?,32+/m0/s1. The Labute approximate surface area is 247 Å². The van der Waals surface area contributed by atoms with E-state index in [2.05, 4.69) is 34.9 Å². The molecule has 1 aliphatic rings. The Kier molecular flexibility index (Phi) is 10.7. The van der Waals surface area contributed by atoms with E-state index in [4.69, 9.17) is 9.47 Å². The molecule has 0 bridgehead atoms. The van der Waals surface area contributed by atoms with E-state index in [-0.39, 0.29) is 43.9 Å². The topological polar surface area (TPSA) is 114 Å². The van der Waals surface area contributed by atoms with Gasteiger partial charge in [-0.2, -0.15) is 0 Å². The molecule has 2 amide bonds. The summed E-state index contributed by atoms with van der Waals surface area (Å²) in [4.78, 5) is 37.6. The molecular formula is C34H40N2O6. The van der Waals surface area contributed by atoms with Crippen LogP contribution in [-0.2, 0) is 25.7 Å². The molecule has 3 aromatic carbocycles. The van der Waals surface area contributed by atoms with Crippen LogP contribution < -0.4 is 10.6 Å². The number of carbonyl (C=O) groups excluding carboxylic acids is 2. The van der Waals surface area contributed by atoms with Crippen molar-refractivity contribution in [2.24, 2.45) is 11.8 Å². The number of amides is 2. The zero-order valence-electron chi connectivity index (χ0n) is 24.4. The summed E-state index contributed by atoms with van der Waals surface area (Å²) in [5, 5.41) is 15.2. The van der Waals surface area contributed by atoms with Crippen LogP contribution in [0.1, 0.15) is 56.2 Å². The zero-order chi connectivity index (χ0) is 30.1. The summed E-state index contributed by atoms with van der Waals surface area (Å²) in [6.45, 7) is 6.39. The molecule has 4 rings (SSSR count). The minimum Gasteiger partial charge on any atom is -0.480 e. The van der Waals surface area contributed by atoms with Crippen molar-refractivity contribution in [3.05, 3.63) is 95.6 Å². The lowest BCUT2D eigenvalue weighted by Gasteiger charge is -2.24. The number of carboxylic acid groups (broad SMARTS) is 1. The molecule has 0 saturated heterocycles. The normalized spacial score (nSPS) is 14.4. The van der Waals surface area contributed by atoms with Gasteiger partial charge in [-0.15, -0.1) is 0 Å². The number of rotatable bonds is 14. The van der Waals surface area contributed by atoms with Crippen molar-refractivity contribution in [2.45, 2.75) is 58.3 Å². The summed E-state index contributed by atoms with van der Waals surface area (Å²) in [6.07, 6.45) is -0.544. The van der Waals surface area contributed by atoms with Gasteiger partial charge in [0.2, 0.25) is 5.91 Å². The van der Waals surface area contributed by atoms with E-state index >= 15 is 0 Å². The summed E-state index contributed by atoms with van der Waals surface area (Å²) in [5.74, 6) is -1.53. The van der Waals surface area contributed by atoms with Crippen LogP contribution in [0.5, 0.6) is 0 Å².